The largest absolute Gasteiger partial charge is 0.459 e. The van der Waals surface area contributed by atoms with Gasteiger partial charge < -0.3 is 15.1 Å². The van der Waals surface area contributed by atoms with E-state index in [0.717, 1.165) is 56.5 Å². The number of carbonyl (C=O) groups excluding carboxylic acids is 1. The van der Waals surface area contributed by atoms with Gasteiger partial charge in [-0.15, -0.1) is 0 Å². The standard InChI is InChI=1S/C32H41BrN6O2/c1-2-26(24-11-14-38(15-12-24)32(40)29-9-6-16-41-29)27(33)20-31(35)39-30(34)19-23(21-37-39)17-22-10-13-36-28(18-22)25-7-4-3-5-8-25/h3-9,13,16,18,21-24,26-27,31,34H,2,10-12,14-15,17,19-20,35H2,1H3. The molecule has 41 heavy (non-hydrogen) atoms. The summed E-state index contributed by atoms with van der Waals surface area (Å²) >= 11 is 3.96. The van der Waals surface area contributed by atoms with Gasteiger partial charge >= 0.3 is 0 Å². The number of benzene rings is 1. The van der Waals surface area contributed by atoms with Crippen LogP contribution in [0, 0.1) is 29.1 Å². The van der Waals surface area contributed by atoms with Gasteiger partial charge in [0.2, 0.25) is 0 Å². The minimum Gasteiger partial charge on any atom is -0.459 e. The van der Waals surface area contributed by atoms with Crippen molar-refractivity contribution in [2.75, 3.05) is 13.1 Å². The maximum Gasteiger partial charge on any atom is 0.289 e. The molecule has 3 aliphatic heterocycles. The molecule has 8 nitrogen and oxygen atoms in total. The lowest BCUT2D eigenvalue weighted by Crippen LogP contribution is -2.47. The van der Waals surface area contributed by atoms with Gasteiger partial charge in [-0.3, -0.25) is 15.2 Å². The van der Waals surface area contributed by atoms with Gasteiger partial charge in [-0.25, -0.2) is 5.01 Å². The van der Waals surface area contributed by atoms with E-state index in [1.54, 1.807) is 23.4 Å². The molecule has 3 N–H and O–H groups in total. The first-order chi connectivity index (χ1) is 19.9. The van der Waals surface area contributed by atoms with Crippen molar-refractivity contribution < 1.29 is 9.21 Å². The van der Waals surface area contributed by atoms with Gasteiger partial charge in [0.05, 0.1) is 12.0 Å². The third kappa shape index (κ3) is 7.25. The second-order valence-electron chi connectivity index (χ2n) is 11.5. The highest BCUT2D eigenvalue weighted by Crippen LogP contribution is 2.36. The van der Waals surface area contributed by atoms with Crippen molar-refractivity contribution in [1.29, 1.82) is 5.41 Å². The Bertz CT molecular complexity index is 1250. The van der Waals surface area contributed by atoms with E-state index in [9.17, 15) is 4.79 Å². The Kier molecular flexibility index (Phi) is 9.88. The fourth-order valence-electron chi connectivity index (χ4n) is 6.49. The molecule has 4 heterocycles. The van der Waals surface area contributed by atoms with Crippen LogP contribution in [0.15, 0.2) is 69.3 Å². The Balaban J connectivity index is 1.12. The third-order valence-electron chi connectivity index (χ3n) is 8.72. The van der Waals surface area contributed by atoms with Crippen LogP contribution in [-0.4, -0.2) is 58.2 Å². The summed E-state index contributed by atoms with van der Waals surface area (Å²) in [6.07, 6.45) is 13.6. The molecule has 0 aliphatic carbocycles. The molecule has 1 amide bonds. The normalized spacial score (nSPS) is 23.8. The van der Waals surface area contributed by atoms with Crippen molar-refractivity contribution >= 4 is 45.8 Å². The fourth-order valence-corrected chi connectivity index (χ4v) is 7.68. The molecule has 5 unspecified atom stereocenters. The van der Waals surface area contributed by atoms with Crippen molar-refractivity contribution in [1.82, 2.24) is 9.91 Å². The van der Waals surface area contributed by atoms with E-state index in [4.69, 9.17) is 15.6 Å². The van der Waals surface area contributed by atoms with Crippen molar-refractivity contribution in [2.24, 2.45) is 39.5 Å². The number of piperidine rings is 1. The minimum absolute atomic E-state index is 0.0250. The number of halogens is 1. The van der Waals surface area contributed by atoms with Crippen LogP contribution in [0.2, 0.25) is 0 Å². The van der Waals surface area contributed by atoms with Gasteiger partial charge in [0.25, 0.3) is 5.91 Å². The maximum atomic E-state index is 12.7. The highest BCUT2D eigenvalue weighted by atomic mass is 79.9. The molecule has 1 aromatic carbocycles. The minimum atomic E-state index is -0.356. The van der Waals surface area contributed by atoms with Gasteiger partial charge in [-0.1, -0.05) is 65.7 Å². The Morgan fingerprint density at radius 3 is 2.63 bits per heavy atom. The number of likely N-dealkylation sites (tertiary alicyclic amines) is 1. The summed E-state index contributed by atoms with van der Waals surface area (Å²) in [6, 6.07) is 13.8. The smallest absolute Gasteiger partial charge is 0.289 e. The molecular formula is C32H41BrN6O2. The molecule has 218 valence electrons. The Labute approximate surface area is 251 Å². The number of furan rings is 1. The number of aliphatic imine (C=N–C) groups is 1. The summed E-state index contributed by atoms with van der Waals surface area (Å²) in [6.45, 7) is 3.71. The number of nitrogens with two attached hydrogens (primary N) is 1. The third-order valence-corrected chi connectivity index (χ3v) is 9.78. The summed E-state index contributed by atoms with van der Waals surface area (Å²) in [5.41, 5.74) is 8.80. The number of allylic oxidation sites excluding steroid dienone is 1. The number of nitrogens with zero attached hydrogens (tertiary/aromatic N) is 4. The number of hydrazone groups is 1. The number of hydrogen-bond donors (Lipinski definition) is 2. The molecule has 1 aromatic heterocycles. The molecule has 5 rings (SSSR count). The number of alkyl halides is 1. The van der Waals surface area contributed by atoms with Crippen molar-refractivity contribution in [3.8, 4) is 0 Å². The highest BCUT2D eigenvalue weighted by molar-refractivity contribution is 9.09. The van der Waals surface area contributed by atoms with E-state index in [1.165, 1.54) is 0 Å². The lowest BCUT2D eigenvalue weighted by molar-refractivity contribution is 0.0620. The van der Waals surface area contributed by atoms with Gasteiger partial charge in [-0.2, -0.15) is 5.10 Å². The zero-order chi connectivity index (χ0) is 28.8. The summed E-state index contributed by atoms with van der Waals surface area (Å²) in [4.78, 5) is 19.4. The summed E-state index contributed by atoms with van der Waals surface area (Å²) in [7, 11) is 0. The van der Waals surface area contributed by atoms with E-state index >= 15 is 0 Å². The second kappa shape index (κ2) is 13.7. The lowest BCUT2D eigenvalue weighted by atomic mass is 9.79. The Hall–Kier alpha value is -3.04. The van der Waals surface area contributed by atoms with Crippen LogP contribution < -0.4 is 5.73 Å². The summed E-state index contributed by atoms with van der Waals surface area (Å²) < 4.78 is 5.30. The lowest BCUT2D eigenvalue weighted by Gasteiger charge is -2.39. The average molecular weight is 622 g/mol. The Morgan fingerprint density at radius 2 is 1.95 bits per heavy atom. The Morgan fingerprint density at radius 1 is 1.17 bits per heavy atom. The van der Waals surface area contributed by atoms with Crippen LogP contribution in [0.1, 0.15) is 68.0 Å². The van der Waals surface area contributed by atoms with Gasteiger partial charge in [0.15, 0.2) is 5.76 Å². The quantitative estimate of drug-likeness (QED) is 0.299. The van der Waals surface area contributed by atoms with E-state index in [-0.39, 0.29) is 22.8 Å². The average Bonchev–Trinajstić information content (AvgIpc) is 3.53. The number of rotatable bonds is 10. The predicted octanol–water partition coefficient (Wildman–Crippen LogP) is 6.40. The van der Waals surface area contributed by atoms with Crippen molar-refractivity contribution in [2.45, 2.75) is 62.9 Å². The molecular weight excluding hydrogens is 580 g/mol. The molecule has 1 saturated heterocycles. The predicted molar refractivity (Wildman–Crippen MR) is 168 cm³/mol. The highest BCUT2D eigenvalue weighted by Gasteiger charge is 2.34. The van der Waals surface area contributed by atoms with E-state index in [2.05, 4.69) is 51.2 Å². The first-order valence-corrected chi connectivity index (χ1v) is 15.8. The molecule has 3 aliphatic rings. The van der Waals surface area contributed by atoms with Crippen molar-refractivity contribution in [3.05, 3.63) is 66.1 Å². The first-order valence-electron chi connectivity index (χ1n) is 14.9. The van der Waals surface area contributed by atoms with Gasteiger partial charge in [0, 0.05) is 42.7 Å². The topological polar surface area (TPSA) is 111 Å². The molecule has 0 saturated carbocycles. The number of hydrogen-bond acceptors (Lipinski definition) is 6. The molecule has 0 radical (unpaired) electrons. The van der Waals surface area contributed by atoms with E-state index in [1.807, 2.05) is 35.5 Å². The van der Waals surface area contributed by atoms with E-state index in [0.29, 0.717) is 42.2 Å². The number of nitrogens with one attached hydrogen (secondary N) is 1. The van der Waals surface area contributed by atoms with Crippen molar-refractivity contribution in [3.63, 3.8) is 0 Å². The van der Waals surface area contributed by atoms with Crippen LogP contribution in [-0.2, 0) is 0 Å². The van der Waals surface area contributed by atoms with Gasteiger partial charge in [-0.05, 0) is 67.6 Å². The summed E-state index contributed by atoms with van der Waals surface area (Å²) in [5, 5.41) is 15.1. The number of carbonyl (C=O) groups is 1. The fraction of sp³-hybridized carbons (Fsp3) is 0.500. The zero-order valence-corrected chi connectivity index (χ0v) is 25.3. The second-order valence-corrected chi connectivity index (χ2v) is 12.7. The van der Waals surface area contributed by atoms with Gasteiger partial charge in [0.1, 0.15) is 12.0 Å². The van der Waals surface area contributed by atoms with Crippen LogP contribution >= 0.6 is 15.9 Å². The molecule has 5 atom stereocenters. The molecule has 1 fully saturated rings. The number of amides is 1. The monoisotopic (exact) mass is 620 g/mol. The van der Waals surface area contributed by atoms with Crippen LogP contribution in [0.3, 0.4) is 0 Å². The van der Waals surface area contributed by atoms with Crippen LogP contribution in [0.25, 0.3) is 5.70 Å². The number of amidine groups is 1. The molecule has 9 heteroatoms. The molecule has 2 aromatic rings. The SMILES string of the molecule is CCC(C(Br)CC(N)N1N=CC(CC2C=C(c3ccccc3)N=CC2)CC1=N)C1CCN(C(=O)c2ccco2)CC1. The first kappa shape index (κ1) is 29.5. The molecule has 0 spiro atoms. The maximum absolute atomic E-state index is 12.7. The van der Waals surface area contributed by atoms with E-state index < -0.39 is 0 Å². The summed E-state index contributed by atoms with van der Waals surface area (Å²) in [5.74, 6) is 2.42. The van der Waals surface area contributed by atoms with Crippen LogP contribution in [0.5, 0.6) is 0 Å². The zero-order valence-electron chi connectivity index (χ0n) is 23.7. The van der Waals surface area contributed by atoms with Crippen LogP contribution in [0.4, 0.5) is 0 Å². The molecule has 0 bridgehead atoms.